The number of hydrogen-bond donors (Lipinski definition) is 1. The van der Waals surface area contributed by atoms with E-state index in [9.17, 15) is 9.90 Å². The van der Waals surface area contributed by atoms with Gasteiger partial charge in [-0.25, -0.2) is 4.98 Å². The Kier molecular flexibility index (Phi) is 3.99. The molecule has 1 amide bonds. The molecule has 0 saturated carbocycles. The zero-order valence-corrected chi connectivity index (χ0v) is 14.9. The molecule has 1 aromatic carbocycles. The lowest BCUT2D eigenvalue weighted by Gasteiger charge is -2.36. The SMILES string of the molecule is Cc1cc(C(=O)N2CCN(c3cccc(O)c3)CC2)c2cnn(C)c2n1. The van der Waals surface area contributed by atoms with Gasteiger partial charge >= 0.3 is 0 Å². The summed E-state index contributed by atoms with van der Waals surface area (Å²) in [7, 11) is 1.83. The van der Waals surface area contributed by atoms with E-state index in [4.69, 9.17) is 0 Å². The summed E-state index contributed by atoms with van der Waals surface area (Å²) in [6.07, 6.45) is 1.71. The Labute approximate surface area is 151 Å². The summed E-state index contributed by atoms with van der Waals surface area (Å²) >= 11 is 0. The predicted molar refractivity (Wildman–Crippen MR) is 99.5 cm³/mol. The van der Waals surface area contributed by atoms with Crippen molar-refractivity contribution in [1.82, 2.24) is 19.7 Å². The van der Waals surface area contributed by atoms with Crippen LogP contribution in [0.2, 0.25) is 0 Å². The Bertz CT molecular complexity index is 973. The molecule has 26 heavy (non-hydrogen) atoms. The summed E-state index contributed by atoms with van der Waals surface area (Å²) in [5.41, 5.74) is 3.17. The van der Waals surface area contributed by atoms with Gasteiger partial charge in [0.15, 0.2) is 5.65 Å². The van der Waals surface area contributed by atoms with Gasteiger partial charge in [-0.3, -0.25) is 9.48 Å². The number of carbonyl (C=O) groups excluding carboxylic acids is 1. The van der Waals surface area contributed by atoms with E-state index in [1.807, 2.05) is 37.1 Å². The minimum Gasteiger partial charge on any atom is -0.508 e. The van der Waals surface area contributed by atoms with Crippen molar-refractivity contribution >= 4 is 22.6 Å². The van der Waals surface area contributed by atoms with Crippen LogP contribution in [-0.2, 0) is 7.05 Å². The number of aryl methyl sites for hydroxylation is 2. The zero-order valence-electron chi connectivity index (χ0n) is 14.9. The highest BCUT2D eigenvalue weighted by Crippen LogP contribution is 2.23. The van der Waals surface area contributed by atoms with Crippen molar-refractivity contribution in [2.45, 2.75) is 6.92 Å². The van der Waals surface area contributed by atoms with Gasteiger partial charge in [-0.15, -0.1) is 0 Å². The Morgan fingerprint density at radius 3 is 2.65 bits per heavy atom. The van der Waals surface area contributed by atoms with Gasteiger partial charge in [-0.2, -0.15) is 5.10 Å². The Morgan fingerprint density at radius 2 is 1.92 bits per heavy atom. The molecular weight excluding hydrogens is 330 g/mol. The minimum absolute atomic E-state index is 0.0176. The van der Waals surface area contributed by atoms with Crippen LogP contribution in [0.3, 0.4) is 0 Å². The molecule has 7 nitrogen and oxygen atoms in total. The van der Waals surface area contributed by atoms with Crippen LogP contribution in [0.25, 0.3) is 11.0 Å². The van der Waals surface area contributed by atoms with Crippen LogP contribution in [0.1, 0.15) is 16.1 Å². The monoisotopic (exact) mass is 351 g/mol. The van der Waals surface area contributed by atoms with E-state index in [1.54, 1.807) is 23.0 Å². The molecule has 2 aromatic heterocycles. The molecule has 0 aliphatic carbocycles. The lowest BCUT2D eigenvalue weighted by Crippen LogP contribution is -2.48. The summed E-state index contributed by atoms with van der Waals surface area (Å²) in [4.78, 5) is 21.6. The van der Waals surface area contributed by atoms with E-state index in [0.717, 1.165) is 35.5 Å². The first kappa shape index (κ1) is 16.4. The fraction of sp³-hybridized carbons (Fsp3) is 0.316. The number of anilines is 1. The van der Waals surface area contributed by atoms with Crippen LogP contribution >= 0.6 is 0 Å². The van der Waals surface area contributed by atoms with E-state index >= 15 is 0 Å². The number of piperazine rings is 1. The Morgan fingerprint density at radius 1 is 1.15 bits per heavy atom. The summed E-state index contributed by atoms with van der Waals surface area (Å²) in [5.74, 6) is 0.274. The topological polar surface area (TPSA) is 74.5 Å². The molecule has 134 valence electrons. The van der Waals surface area contributed by atoms with Gasteiger partial charge in [-0.1, -0.05) is 6.07 Å². The van der Waals surface area contributed by atoms with Gasteiger partial charge < -0.3 is 14.9 Å². The molecule has 3 aromatic rings. The van der Waals surface area contributed by atoms with Crippen LogP contribution in [-0.4, -0.2) is 56.9 Å². The van der Waals surface area contributed by atoms with Gasteiger partial charge in [0.2, 0.25) is 0 Å². The lowest BCUT2D eigenvalue weighted by molar-refractivity contribution is 0.0748. The average molecular weight is 351 g/mol. The number of amides is 1. The van der Waals surface area contributed by atoms with Gasteiger partial charge in [0.25, 0.3) is 5.91 Å². The molecule has 0 atom stereocenters. The summed E-state index contributed by atoms with van der Waals surface area (Å²) in [6.45, 7) is 4.63. The van der Waals surface area contributed by atoms with Crippen LogP contribution in [0, 0.1) is 6.92 Å². The van der Waals surface area contributed by atoms with Crippen LogP contribution in [0.4, 0.5) is 5.69 Å². The first-order valence-electron chi connectivity index (χ1n) is 8.65. The minimum atomic E-state index is 0.0176. The summed E-state index contributed by atoms with van der Waals surface area (Å²) in [5, 5.41) is 14.7. The lowest BCUT2D eigenvalue weighted by atomic mass is 10.1. The molecule has 1 N–H and O–H groups in total. The maximum atomic E-state index is 13.1. The van der Waals surface area contributed by atoms with Gasteiger partial charge in [-0.05, 0) is 25.1 Å². The standard InChI is InChI=1S/C19H21N5O2/c1-13-10-16(17-12-20-22(2)18(17)21-13)19(26)24-8-6-23(7-9-24)14-4-3-5-15(25)11-14/h3-5,10-12,25H,6-9H2,1-2H3. The van der Waals surface area contributed by atoms with E-state index in [1.165, 1.54) is 0 Å². The molecule has 4 rings (SSSR count). The van der Waals surface area contributed by atoms with Crippen molar-refractivity contribution in [3.05, 3.63) is 47.8 Å². The molecular formula is C19H21N5O2. The van der Waals surface area contributed by atoms with E-state index < -0.39 is 0 Å². The number of rotatable bonds is 2. The van der Waals surface area contributed by atoms with E-state index in [2.05, 4.69) is 15.0 Å². The first-order chi connectivity index (χ1) is 12.5. The fourth-order valence-corrected chi connectivity index (χ4v) is 3.44. The third-order valence-electron chi connectivity index (χ3n) is 4.83. The van der Waals surface area contributed by atoms with Crippen LogP contribution < -0.4 is 4.90 Å². The van der Waals surface area contributed by atoms with Gasteiger partial charge in [0.1, 0.15) is 5.75 Å². The number of hydrogen-bond acceptors (Lipinski definition) is 5. The summed E-state index contributed by atoms with van der Waals surface area (Å²) in [6, 6.07) is 9.06. The number of carbonyl (C=O) groups is 1. The molecule has 1 saturated heterocycles. The number of aromatic nitrogens is 3. The second-order valence-corrected chi connectivity index (χ2v) is 6.62. The van der Waals surface area contributed by atoms with Crippen molar-refractivity contribution < 1.29 is 9.90 Å². The van der Waals surface area contributed by atoms with Crippen molar-refractivity contribution in [3.8, 4) is 5.75 Å². The fourth-order valence-electron chi connectivity index (χ4n) is 3.44. The molecule has 0 bridgehead atoms. The molecule has 1 fully saturated rings. The van der Waals surface area contributed by atoms with Crippen molar-refractivity contribution in [1.29, 1.82) is 0 Å². The van der Waals surface area contributed by atoms with Crippen molar-refractivity contribution in [3.63, 3.8) is 0 Å². The number of fused-ring (bicyclic) bond motifs is 1. The van der Waals surface area contributed by atoms with Crippen LogP contribution in [0.5, 0.6) is 5.75 Å². The smallest absolute Gasteiger partial charge is 0.254 e. The zero-order chi connectivity index (χ0) is 18.3. The quantitative estimate of drug-likeness (QED) is 0.764. The largest absolute Gasteiger partial charge is 0.508 e. The first-order valence-corrected chi connectivity index (χ1v) is 8.65. The molecule has 0 radical (unpaired) electrons. The highest BCUT2D eigenvalue weighted by Gasteiger charge is 2.25. The Balaban J connectivity index is 1.54. The third kappa shape index (κ3) is 2.85. The average Bonchev–Trinajstić information content (AvgIpc) is 3.01. The number of pyridine rings is 1. The molecule has 7 heteroatoms. The Hall–Kier alpha value is -3.09. The second kappa shape index (κ2) is 6.33. The van der Waals surface area contributed by atoms with Gasteiger partial charge in [0, 0.05) is 50.7 Å². The highest BCUT2D eigenvalue weighted by molar-refractivity contribution is 6.05. The van der Waals surface area contributed by atoms with E-state index in [-0.39, 0.29) is 11.7 Å². The van der Waals surface area contributed by atoms with Crippen molar-refractivity contribution in [2.75, 3.05) is 31.1 Å². The number of benzene rings is 1. The molecule has 0 unspecified atom stereocenters. The molecule has 1 aliphatic rings. The predicted octanol–water partition coefficient (Wildman–Crippen LogP) is 1.94. The second-order valence-electron chi connectivity index (χ2n) is 6.62. The molecule has 0 spiro atoms. The number of phenols is 1. The van der Waals surface area contributed by atoms with Crippen LogP contribution in [0.15, 0.2) is 36.5 Å². The normalized spacial score (nSPS) is 14.8. The van der Waals surface area contributed by atoms with Gasteiger partial charge in [0.05, 0.1) is 17.1 Å². The van der Waals surface area contributed by atoms with Crippen molar-refractivity contribution in [2.24, 2.45) is 7.05 Å². The number of aromatic hydroxyl groups is 1. The maximum absolute atomic E-state index is 13.1. The number of nitrogens with zero attached hydrogens (tertiary/aromatic N) is 5. The number of phenolic OH excluding ortho intramolecular Hbond substituents is 1. The molecule has 1 aliphatic heterocycles. The molecule has 3 heterocycles. The summed E-state index contributed by atoms with van der Waals surface area (Å²) < 4.78 is 1.69. The third-order valence-corrected chi connectivity index (χ3v) is 4.83. The maximum Gasteiger partial charge on any atom is 0.254 e. The van der Waals surface area contributed by atoms with E-state index in [0.29, 0.717) is 18.7 Å². The highest BCUT2D eigenvalue weighted by atomic mass is 16.3.